The molecule has 2 rings (SSSR count). The van der Waals surface area contributed by atoms with Crippen molar-refractivity contribution in [2.24, 2.45) is 0 Å². The molecule has 8 heteroatoms. The van der Waals surface area contributed by atoms with Crippen molar-refractivity contribution in [2.45, 2.75) is 31.8 Å². The summed E-state index contributed by atoms with van der Waals surface area (Å²) in [6, 6.07) is 8.73. The van der Waals surface area contributed by atoms with E-state index in [0.29, 0.717) is 25.1 Å². The normalized spacial score (nSPS) is 18.3. The minimum atomic E-state index is -0.590. The molecule has 1 amide bonds. The standard InChI is InChI=1S/C20H28N2O5S/c1-3-27-20(25)16(10-9-15-7-5-4-6-8-15)21-17-14-28-12-11-22(19(17)24)13-18(23)26-2/h4-8,16-17,21H,3,9-14H2,1-2H3. The molecule has 1 N–H and O–H groups in total. The Kier molecular flexibility index (Phi) is 9.30. The van der Waals surface area contributed by atoms with Crippen LogP contribution in [0.15, 0.2) is 30.3 Å². The topological polar surface area (TPSA) is 84.9 Å². The molecule has 154 valence electrons. The van der Waals surface area contributed by atoms with Gasteiger partial charge in [-0.15, -0.1) is 0 Å². The smallest absolute Gasteiger partial charge is 0.325 e. The van der Waals surface area contributed by atoms with Crippen molar-refractivity contribution in [3.63, 3.8) is 0 Å². The quantitative estimate of drug-likeness (QED) is 0.616. The molecule has 0 aromatic heterocycles. The summed E-state index contributed by atoms with van der Waals surface area (Å²) in [5.41, 5.74) is 1.12. The number of nitrogens with zero attached hydrogens (tertiary/aromatic N) is 1. The van der Waals surface area contributed by atoms with E-state index in [0.717, 1.165) is 11.3 Å². The van der Waals surface area contributed by atoms with Crippen LogP contribution in [0.5, 0.6) is 0 Å². The van der Waals surface area contributed by atoms with Crippen LogP contribution in [0, 0.1) is 0 Å². The molecule has 28 heavy (non-hydrogen) atoms. The number of esters is 2. The van der Waals surface area contributed by atoms with E-state index >= 15 is 0 Å². The van der Waals surface area contributed by atoms with Crippen LogP contribution >= 0.6 is 11.8 Å². The summed E-state index contributed by atoms with van der Waals surface area (Å²) in [6.07, 6.45) is 1.21. The van der Waals surface area contributed by atoms with E-state index in [1.807, 2.05) is 30.3 Å². The third kappa shape index (κ3) is 6.83. The van der Waals surface area contributed by atoms with Gasteiger partial charge in [0.1, 0.15) is 12.6 Å². The zero-order valence-corrected chi connectivity index (χ0v) is 17.2. The van der Waals surface area contributed by atoms with Crippen molar-refractivity contribution in [3.05, 3.63) is 35.9 Å². The van der Waals surface area contributed by atoms with Gasteiger partial charge in [0, 0.05) is 18.1 Å². The lowest BCUT2D eigenvalue weighted by Gasteiger charge is -2.26. The number of hydrogen-bond donors (Lipinski definition) is 1. The SMILES string of the molecule is CCOC(=O)C(CCc1ccccc1)NC1CSCCN(CC(=O)OC)C1=O. The Morgan fingerprint density at radius 2 is 2.07 bits per heavy atom. The van der Waals surface area contributed by atoms with Crippen molar-refractivity contribution < 1.29 is 23.9 Å². The minimum Gasteiger partial charge on any atom is -0.468 e. The van der Waals surface area contributed by atoms with E-state index in [-0.39, 0.29) is 25.0 Å². The summed E-state index contributed by atoms with van der Waals surface area (Å²) in [6.45, 7) is 2.44. The number of benzene rings is 1. The van der Waals surface area contributed by atoms with Gasteiger partial charge in [-0.3, -0.25) is 19.7 Å². The first-order valence-electron chi connectivity index (χ1n) is 9.45. The number of ether oxygens (including phenoxy) is 2. The Bertz CT molecular complexity index is 655. The van der Waals surface area contributed by atoms with Crippen LogP contribution in [-0.2, 0) is 30.3 Å². The summed E-state index contributed by atoms with van der Waals surface area (Å²) in [7, 11) is 1.30. The molecule has 0 radical (unpaired) electrons. The summed E-state index contributed by atoms with van der Waals surface area (Å²) in [5.74, 6) is 0.265. The molecule has 0 bridgehead atoms. The highest BCUT2D eigenvalue weighted by atomic mass is 32.2. The van der Waals surface area contributed by atoms with Crippen molar-refractivity contribution in [1.82, 2.24) is 10.2 Å². The average Bonchev–Trinajstić information content (AvgIpc) is 2.87. The van der Waals surface area contributed by atoms with E-state index in [9.17, 15) is 14.4 Å². The Balaban J connectivity index is 2.06. The van der Waals surface area contributed by atoms with Crippen LogP contribution in [0.3, 0.4) is 0 Å². The molecule has 0 saturated carbocycles. The van der Waals surface area contributed by atoms with Crippen LogP contribution in [0.1, 0.15) is 18.9 Å². The lowest BCUT2D eigenvalue weighted by molar-refractivity contribution is -0.149. The number of carbonyl (C=O) groups excluding carboxylic acids is 3. The van der Waals surface area contributed by atoms with E-state index in [4.69, 9.17) is 4.74 Å². The number of thioether (sulfide) groups is 1. The van der Waals surface area contributed by atoms with Crippen molar-refractivity contribution in [3.8, 4) is 0 Å². The van der Waals surface area contributed by atoms with Gasteiger partial charge in [0.2, 0.25) is 5.91 Å². The second kappa shape index (κ2) is 11.7. The number of amides is 1. The van der Waals surface area contributed by atoms with E-state index in [1.165, 1.54) is 12.0 Å². The van der Waals surface area contributed by atoms with Gasteiger partial charge >= 0.3 is 11.9 Å². The van der Waals surface area contributed by atoms with Crippen molar-refractivity contribution >= 4 is 29.6 Å². The third-order valence-electron chi connectivity index (χ3n) is 4.49. The number of nitrogens with one attached hydrogen (secondary N) is 1. The molecular formula is C20H28N2O5S. The van der Waals surface area contributed by atoms with Crippen LogP contribution in [0.2, 0.25) is 0 Å². The molecule has 1 heterocycles. The van der Waals surface area contributed by atoms with Crippen LogP contribution in [-0.4, -0.2) is 73.1 Å². The fraction of sp³-hybridized carbons (Fsp3) is 0.550. The van der Waals surface area contributed by atoms with Gasteiger partial charge in [-0.2, -0.15) is 11.8 Å². The highest BCUT2D eigenvalue weighted by Gasteiger charge is 2.32. The highest BCUT2D eigenvalue weighted by molar-refractivity contribution is 7.99. The summed E-state index contributed by atoms with van der Waals surface area (Å²) in [5, 5.41) is 3.18. The Hall–Kier alpha value is -2.06. The van der Waals surface area contributed by atoms with Gasteiger partial charge in [-0.25, -0.2) is 0 Å². The molecule has 1 fully saturated rings. The highest BCUT2D eigenvalue weighted by Crippen LogP contribution is 2.15. The summed E-state index contributed by atoms with van der Waals surface area (Å²) >= 11 is 1.62. The first-order chi connectivity index (χ1) is 13.5. The molecule has 0 spiro atoms. The van der Waals surface area contributed by atoms with E-state index in [1.54, 1.807) is 18.7 Å². The summed E-state index contributed by atoms with van der Waals surface area (Å²) < 4.78 is 9.88. The maximum atomic E-state index is 12.9. The molecule has 1 aromatic carbocycles. The molecule has 2 atom stereocenters. The molecule has 1 aromatic rings. The number of hydrogen-bond acceptors (Lipinski definition) is 7. The molecule has 7 nitrogen and oxygen atoms in total. The number of methoxy groups -OCH3 is 1. The average molecular weight is 409 g/mol. The van der Waals surface area contributed by atoms with E-state index < -0.39 is 18.1 Å². The lowest BCUT2D eigenvalue weighted by Crippen LogP contribution is -2.53. The monoisotopic (exact) mass is 408 g/mol. The van der Waals surface area contributed by atoms with Gasteiger partial charge in [-0.1, -0.05) is 30.3 Å². The fourth-order valence-electron chi connectivity index (χ4n) is 2.99. The molecule has 1 aliphatic heterocycles. The maximum absolute atomic E-state index is 12.9. The second-order valence-electron chi connectivity index (χ2n) is 6.46. The largest absolute Gasteiger partial charge is 0.468 e. The predicted octanol–water partition coefficient (Wildman–Crippen LogP) is 1.26. The van der Waals surface area contributed by atoms with Gasteiger partial charge in [0.25, 0.3) is 0 Å². The molecule has 1 saturated heterocycles. The van der Waals surface area contributed by atoms with Gasteiger partial charge in [-0.05, 0) is 25.3 Å². The first-order valence-corrected chi connectivity index (χ1v) is 10.6. The van der Waals surface area contributed by atoms with Gasteiger partial charge < -0.3 is 14.4 Å². The lowest BCUT2D eigenvalue weighted by atomic mass is 10.0. The molecular weight excluding hydrogens is 380 g/mol. The Morgan fingerprint density at radius 1 is 1.32 bits per heavy atom. The van der Waals surface area contributed by atoms with Crippen LogP contribution < -0.4 is 5.32 Å². The Morgan fingerprint density at radius 3 is 2.75 bits per heavy atom. The molecule has 0 aliphatic carbocycles. The first kappa shape index (κ1) is 22.2. The minimum absolute atomic E-state index is 0.0812. The van der Waals surface area contributed by atoms with Gasteiger partial charge in [0.05, 0.1) is 19.8 Å². The second-order valence-corrected chi connectivity index (χ2v) is 7.61. The number of carbonyl (C=O) groups is 3. The van der Waals surface area contributed by atoms with Crippen LogP contribution in [0.25, 0.3) is 0 Å². The fourth-order valence-corrected chi connectivity index (χ4v) is 3.98. The summed E-state index contributed by atoms with van der Waals surface area (Å²) in [4.78, 5) is 38.4. The van der Waals surface area contributed by atoms with Gasteiger partial charge in [0.15, 0.2) is 0 Å². The maximum Gasteiger partial charge on any atom is 0.325 e. The number of aryl methyl sites for hydroxylation is 1. The van der Waals surface area contributed by atoms with Crippen molar-refractivity contribution in [1.29, 1.82) is 0 Å². The third-order valence-corrected chi connectivity index (χ3v) is 5.53. The molecule has 2 unspecified atom stereocenters. The van der Waals surface area contributed by atoms with E-state index in [2.05, 4.69) is 10.1 Å². The Labute approximate surface area is 170 Å². The number of rotatable bonds is 9. The van der Waals surface area contributed by atoms with Crippen molar-refractivity contribution in [2.75, 3.05) is 38.3 Å². The zero-order valence-electron chi connectivity index (χ0n) is 16.4. The predicted molar refractivity (Wildman–Crippen MR) is 108 cm³/mol. The zero-order chi connectivity index (χ0) is 20.4. The van der Waals surface area contributed by atoms with Crippen LogP contribution in [0.4, 0.5) is 0 Å². The molecule has 1 aliphatic rings.